The van der Waals surface area contributed by atoms with Gasteiger partial charge in [-0.2, -0.15) is 4.31 Å². The second kappa shape index (κ2) is 7.37. The van der Waals surface area contributed by atoms with Crippen LogP contribution in [-0.4, -0.2) is 56.8 Å². The van der Waals surface area contributed by atoms with Crippen LogP contribution in [0.25, 0.3) is 0 Å². The predicted molar refractivity (Wildman–Crippen MR) is 87.3 cm³/mol. The van der Waals surface area contributed by atoms with E-state index in [2.05, 4.69) is 22.5 Å². The van der Waals surface area contributed by atoms with Crippen LogP contribution in [0.4, 0.5) is 0 Å². The van der Waals surface area contributed by atoms with E-state index in [1.54, 1.807) is 6.07 Å². The summed E-state index contributed by atoms with van der Waals surface area (Å²) in [6.07, 6.45) is 4.78. The summed E-state index contributed by atoms with van der Waals surface area (Å²) >= 11 is 0. The van der Waals surface area contributed by atoms with Gasteiger partial charge in [-0.15, -0.1) is 0 Å². The Hall–Kier alpha value is -1.51. The minimum absolute atomic E-state index is 0.0711. The minimum atomic E-state index is -3.69. The Kier molecular flexibility index (Phi) is 5.72. The molecule has 1 aromatic heterocycles. The molecule has 0 bridgehead atoms. The van der Waals surface area contributed by atoms with E-state index in [0.29, 0.717) is 6.54 Å². The molecule has 1 amide bonds. The molecule has 1 fully saturated rings. The highest BCUT2D eigenvalue weighted by molar-refractivity contribution is 7.89. The third kappa shape index (κ3) is 4.73. The molecule has 0 atom stereocenters. The van der Waals surface area contributed by atoms with Gasteiger partial charge >= 0.3 is 0 Å². The van der Waals surface area contributed by atoms with Crippen LogP contribution in [0.3, 0.4) is 0 Å². The molecule has 1 saturated heterocycles. The highest BCUT2D eigenvalue weighted by Gasteiger charge is 2.28. The molecule has 0 unspecified atom stereocenters. The molecule has 1 aliphatic rings. The molecule has 7 nitrogen and oxygen atoms in total. The maximum Gasteiger partial charge on any atom is 0.244 e. The van der Waals surface area contributed by atoms with Crippen molar-refractivity contribution in [2.75, 3.05) is 33.2 Å². The topological polar surface area (TPSA) is 91.4 Å². The molecule has 0 spiro atoms. The maximum absolute atomic E-state index is 12.3. The summed E-state index contributed by atoms with van der Waals surface area (Å²) in [5.74, 6) is -0.292. The molecule has 2 heterocycles. The fourth-order valence-electron chi connectivity index (χ4n) is 2.54. The summed E-state index contributed by atoms with van der Waals surface area (Å²) in [4.78, 5) is 16.0. The number of hydrogen-bond acceptors (Lipinski definition) is 5. The first-order chi connectivity index (χ1) is 10.8. The van der Waals surface area contributed by atoms with Crippen LogP contribution in [0, 0.1) is 5.41 Å². The molecule has 0 saturated carbocycles. The van der Waals surface area contributed by atoms with Crippen molar-refractivity contribution >= 4 is 15.9 Å². The van der Waals surface area contributed by atoms with Gasteiger partial charge < -0.3 is 10.6 Å². The number of hydrogen-bond donors (Lipinski definition) is 2. The van der Waals surface area contributed by atoms with Gasteiger partial charge in [-0.05, 0) is 43.5 Å². The molecule has 2 N–H and O–H groups in total. The maximum atomic E-state index is 12.3. The number of nitrogens with zero attached hydrogens (tertiary/aromatic N) is 2. The van der Waals surface area contributed by atoms with Crippen LogP contribution < -0.4 is 10.6 Å². The molecule has 0 aliphatic carbocycles. The standard InChI is InChI=1S/C15H24N4O3S/c1-15(5-8-16-9-6-15)12-18-14(20)11-19(2)23(21,22)13-4-3-7-17-10-13/h3-4,7,10,16H,5-6,8-9,11-12H2,1-2H3,(H,18,20). The lowest BCUT2D eigenvalue weighted by Crippen LogP contribution is -2.45. The Morgan fingerprint density at radius 2 is 2.13 bits per heavy atom. The summed E-state index contributed by atoms with van der Waals surface area (Å²) < 4.78 is 25.7. The van der Waals surface area contributed by atoms with Crippen LogP contribution in [-0.2, 0) is 14.8 Å². The highest BCUT2D eigenvalue weighted by atomic mass is 32.2. The fourth-order valence-corrected chi connectivity index (χ4v) is 3.63. The van der Waals surface area contributed by atoms with E-state index in [0.717, 1.165) is 30.2 Å². The first-order valence-corrected chi connectivity index (χ1v) is 9.11. The summed E-state index contributed by atoms with van der Waals surface area (Å²) in [6, 6.07) is 3.02. The number of amides is 1. The molecule has 1 aromatic rings. The monoisotopic (exact) mass is 340 g/mol. The molecular formula is C15H24N4O3S. The largest absolute Gasteiger partial charge is 0.354 e. The van der Waals surface area contributed by atoms with Crippen molar-refractivity contribution in [1.29, 1.82) is 0 Å². The van der Waals surface area contributed by atoms with Crippen LogP contribution >= 0.6 is 0 Å². The Balaban J connectivity index is 1.89. The van der Waals surface area contributed by atoms with E-state index < -0.39 is 10.0 Å². The zero-order valence-electron chi connectivity index (χ0n) is 13.6. The Morgan fingerprint density at radius 3 is 2.74 bits per heavy atom. The van der Waals surface area contributed by atoms with Crippen molar-refractivity contribution < 1.29 is 13.2 Å². The SMILES string of the molecule is CN(CC(=O)NCC1(C)CCNCC1)S(=O)(=O)c1cccnc1. The van der Waals surface area contributed by atoms with Gasteiger partial charge in [0, 0.05) is 26.0 Å². The van der Waals surface area contributed by atoms with E-state index in [-0.39, 0.29) is 22.8 Å². The van der Waals surface area contributed by atoms with Gasteiger partial charge in [0.25, 0.3) is 0 Å². The number of carbonyl (C=O) groups is 1. The molecule has 2 rings (SSSR count). The van der Waals surface area contributed by atoms with Crippen molar-refractivity contribution in [3.8, 4) is 0 Å². The number of likely N-dealkylation sites (N-methyl/N-ethyl adjacent to an activating group) is 1. The zero-order valence-corrected chi connectivity index (χ0v) is 14.4. The number of pyridine rings is 1. The first-order valence-electron chi connectivity index (χ1n) is 7.67. The van der Waals surface area contributed by atoms with Crippen molar-refractivity contribution in [2.24, 2.45) is 5.41 Å². The number of aromatic nitrogens is 1. The second-order valence-electron chi connectivity index (χ2n) is 6.29. The van der Waals surface area contributed by atoms with Crippen LogP contribution in [0.2, 0.25) is 0 Å². The van der Waals surface area contributed by atoms with Gasteiger partial charge in [0.1, 0.15) is 4.90 Å². The molecule has 8 heteroatoms. The van der Waals surface area contributed by atoms with Gasteiger partial charge in [0.15, 0.2) is 0 Å². The second-order valence-corrected chi connectivity index (χ2v) is 8.33. The van der Waals surface area contributed by atoms with Gasteiger partial charge in [-0.1, -0.05) is 6.92 Å². The Labute approximate surface area is 137 Å². The average Bonchev–Trinajstić information content (AvgIpc) is 2.54. The summed E-state index contributed by atoms with van der Waals surface area (Å²) in [5, 5.41) is 6.15. The fraction of sp³-hybridized carbons (Fsp3) is 0.600. The van der Waals surface area contributed by atoms with E-state index in [4.69, 9.17) is 0 Å². The summed E-state index contributed by atoms with van der Waals surface area (Å²) in [5.41, 5.74) is 0.0711. The molecular weight excluding hydrogens is 316 g/mol. The zero-order chi connectivity index (χ0) is 16.9. The van der Waals surface area contributed by atoms with Gasteiger partial charge in [-0.3, -0.25) is 9.78 Å². The Morgan fingerprint density at radius 1 is 1.43 bits per heavy atom. The lowest BCUT2D eigenvalue weighted by molar-refractivity contribution is -0.121. The predicted octanol–water partition coefficient (Wildman–Crippen LogP) is 0.208. The number of carbonyl (C=O) groups excluding carboxylic acids is 1. The van der Waals surface area contributed by atoms with Crippen LogP contribution in [0.15, 0.2) is 29.4 Å². The van der Waals surface area contributed by atoms with Gasteiger partial charge in [-0.25, -0.2) is 8.42 Å². The van der Waals surface area contributed by atoms with E-state index in [9.17, 15) is 13.2 Å². The lowest BCUT2D eigenvalue weighted by atomic mass is 9.81. The third-order valence-electron chi connectivity index (χ3n) is 4.23. The normalized spacial score (nSPS) is 17.9. The van der Waals surface area contributed by atoms with Crippen LogP contribution in [0.1, 0.15) is 19.8 Å². The molecule has 128 valence electrons. The van der Waals surface area contributed by atoms with Crippen molar-refractivity contribution in [2.45, 2.75) is 24.7 Å². The smallest absolute Gasteiger partial charge is 0.244 e. The lowest BCUT2D eigenvalue weighted by Gasteiger charge is -2.34. The third-order valence-corrected chi connectivity index (χ3v) is 6.02. The molecule has 0 aromatic carbocycles. The van der Waals surface area contributed by atoms with Crippen molar-refractivity contribution in [1.82, 2.24) is 19.9 Å². The average molecular weight is 340 g/mol. The van der Waals surface area contributed by atoms with Gasteiger partial charge in [0.05, 0.1) is 6.54 Å². The van der Waals surface area contributed by atoms with E-state index in [1.807, 2.05) is 0 Å². The molecule has 1 aliphatic heterocycles. The number of nitrogens with one attached hydrogen (secondary N) is 2. The molecule has 23 heavy (non-hydrogen) atoms. The van der Waals surface area contributed by atoms with Crippen molar-refractivity contribution in [3.63, 3.8) is 0 Å². The Bertz CT molecular complexity index is 627. The van der Waals surface area contributed by atoms with E-state index in [1.165, 1.54) is 25.5 Å². The van der Waals surface area contributed by atoms with Crippen molar-refractivity contribution in [3.05, 3.63) is 24.5 Å². The highest BCUT2D eigenvalue weighted by Crippen LogP contribution is 2.26. The number of sulfonamides is 1. The van der Waals surface area contributed by atoms with Crippen LogP contribution in [0.5, 0.6) is 0 Å². The quantitative estimate of drug-likeness (QED) is 0.772. The summed E-state index contributed by atoms with van der Waals surface area (Å²) in [7, 11) is -2.30. The van der Waals surface area contributed by atoms with E-state index >= 15 is 0 Å². The number of piperidine rings is 1. The van der Waals surface area contributed by atoms with Gasteiger partial charge in [0.2, 0.25) is 15.9 Å². The number of rotatable bonds is 6. The first kappa shape index (κ1) is 17.8. The summed E-state index contributed by atoms with van der Waals surface area (Å²) in [6.45, 7) is 4.40. The molecule has 0 radical (unpaired) electrons. The minimum Gasteiger partial charge on any atom is -0.354 e.